The molecule has 0 amide bonds. The molecule has 0 unspecified atom stereocenters. The van der Waals surface area contributed by atoms with E-state index in [9.17, 15) is 0 Å². The van der Waals surface area contributed by atoms with E-state index in [1.54, 1.807) is 0 Å². The highest BCUT2D eigenvalue weighted by atomic mass is 15.3. The van der Waals surface area contributed by atoms with Crippen molar-refractivity contribution < 1.29 is 4.68 Å². The summed E-state index contributed by atoms with van der Waals surface area (Å²) in [5.74, 6) is 0. The van der Waals surface area contributed by atoms with Gasteiger partial charge in [-0.3, -0.25) is 0 Å². The maximum Gasteiger partial charge on any atom is 0.243 e. The fourth-order valence-electron chi connectivity index (χ4n) is 6.06. The summed E-state index contributed by atoms with van der Waals surface area (Å²) < 4.78 is 2.11. The van der Waals surface area contributed by atoms with E-state index in [1.165, 1.54) is 78.0 Å². The summed E-state index contributed by atoms with van der Waals surface area (Å²) in [6.45, 7) is 11.0. The molecule has 0 radical (unpaired) electrons. The molecular formula is C30H29N2+. The summed E-state index contributed by atoms with van der Waals surface area (Å²) in [7, 11) is 2.10. The highest BCUT2D eigenvalue weighted by Gasteiger charge is 2.35. The van der Waals surface area contributed by atoms with Crippen LogP contribution in [0.25, 0.3) is 33.5 Å². The Labute approximate surface area is 190 Å². The van der Waals surface area contributed by atoms with Crippen LogP contribution in [0.4, 0.5) is 0 Å². The largest absolute Gasteiger partial charge is 0.243 e. The molecule has 158 valence electrons. The van der Waals surface area contributed by atoms with Crippen LogP contribution in [0.5, 0.6) is 0 Å². The van der Waals surface area contributed by atoms with Crippen LogP contribution in [0.15, 0.2) is 42.5 Å². The van der Waals surface area contributed by atoms with Gasteiger partial charge in [0.05, 0.1) is 5.56 Å². The maximum atomic E-state index is 4.98. The molecule has 0 N–H and O–H groups in total. The van der Waals surface area contributed by atoms with Gasteiger partial charge >= 0.3 is 0 Å². The minimum absolute atomic E-state index is 0.986. The Bertz CT molecular complexity index is 1470. The van der Waals surface area contributed by atoms with Gasteiger partial charge in [-0.15, -0.1) is 0 Å². The molecule has 1 heterocycles. The van der Waals surface area contributed by atoms with Gasteiger partial charge in [-0.25, -0.2) is 0 Å². The molecule has 0 saturated carbocycles. The zero-order chi connectivity index (χ0) is 22.3. The Morgan fingerprint density at radius 1 is 0.688 bits per heavy atom. The monoisotopic (exact) mass is 417 g/mol. The normalized spacial score (nSPS) is 13.1. The molecule has 3 aromatic carbocycles. The van der Waals surface area contributed by atoms with Crippen molar-refractivity contribution in [1.82, 2.24) is 5.10 Å². The van der Waals surface area contributed by atoms with E-state index < -0.39 is 0 Å². The lowest BCUT2D eigenvalue weighted by Gasteiger charge is -2.12. The van der Waals surface area contributed by atoms with Gasteiger partial charge in [0.25, 0.3) is 0 Å². The van der Waals surface area contributed by atoms with E-state index in [4.69, 9.17) is 5.10 Å². The summed E-state index contributed by atoms with van der Waals surface area (Å²) in [4.78, 5) is 0. The highest BCUT2D eigenvalue weighted by molar-refractivity contribution is 5.90. The third-order valence-corrected chi connectivity index (χ3v) is 7.62. The Hall–Kier alpha value is -3.26. The zero-order valence-electron chi connectivity index (χ0n) is 19.9. The fraction of sp³-hybridized carbons (Fsp3) is 0.267. The van der Waals surface area contributed by atoms with Crippen LogP contribution in [-0.4, -0.2) is 5.10 Å². The summed E-state index contributed by atoms with van der Waals surface area (Å²) in [6.07, 6.45) is 2.03. The number of nitrogens with zero attached hydrogens (tertiary/aromatic N) is 2. The van der Waals surface area contributed by atoms with Gasteiger partial charge in [-0.05, 0) is 96.7 Å². The SMILES string of the molecule is Cc1ccc2c(c1)-c1ccc3c(c1C2)Cc1c-3c(C)n[n+](C)c1-c1cc(C)cc(C)c1C. The summed E-state index contributed by atoms with van der Waals surface area (Å²) in [5.41, 5.74) is 20.5. The first-order valence-electron chi connectivity index (χ1n) is 11.6. The van der Waals surface area contributed by atoms with Gasteiger partial charge in [-0.1, -0.05) is 52.2 Å². The van der Waals surface area contributed by atoms with Crippen LogP contribution < -0.4 is 4.68 Å². The lowest BCUT2D eigenvalue weighted by molar-refractivity contribution is -0.721. The topological polar surface area (TPSA) is 16.8 Å². The standard InChI is InChI=1S/C30H29N2/c1-16-7-8-21-14-26-22(25(21)12-16)9-10-23-27(26)15-28-29(23)20(5)31-32(6)30(28)24-13-17(2)11-18(3)19(24)4/h7-13H,14-15H2,1-6H3/q+1. The first-order valence-corrected chi connectivity index (χ1v) is 11.6. The summed E-state index contributed by atoms with van der Waals surface area (Å²) in [6, 6.07) is 16.2. The lowest BCUT2D eigenvalue weighted by atomic mass is 9.93. The number of hydrogen-bond acceptors (Lipinski definition) is 1. The molecule has 32 heavy (non-hydrogen) atoms. The van der Waals surface area contributed by atoms with Gasteiger partial charge in [0.1, 0.15) is 5.69 Å². The zero-order valence-corrected chi connectivity index (χ0v) is 19.9. The van der Waals surface area contributed by atoms with Crippen molar-refractivity contribution >= 4 is 0 Å². The number of benzene rings is 3. The third kappa shape index (κ3) is 2.59. The quantitative estimate of drug-likeness (QED) is 0.289. The number of aromatic nitrogens is 2. The highest BCUT2D eigenvalue weighted by Crippen LogP contribution is 2.48. The number of fused-ring (bicyclic) bond motifs is 7. The van der Waals surface area contributed by atoms with E-state index in [-0.39, 0.29) is 0 Å². The Kier molecular flexibility index (Phi) is 4.02. The fourth-order valence-corrected chi connectivity index (χ4v) is 6.06. The van der Waals surface area contributed by atoms with Crippen LogP contribution in [0.3, 0.4) is 0 Å². The second-order valence-corrected chi connectivity index (χ2v) is 9.80. The molecule has 0 fully saturated rings. The van der Waals surface area contributed by atoms with Crippen LogP contribution in [0.2, 0.25) is 0 Å². The number of hydrogen-bond donors (Lipinski definition) is 0. The van der Waals surface area contributed by atoms with Crippen LogP contribution in [0, 0.1) is 34.6 Å². The van der Waals surface area contributed by atoms with Crippen molar-refractivity contribution in [3.63, 3.8) is 0 Å². The molecule has 6 rings (SSSR count). The van der Waals surface area contributed by atoms with E-state index in [0.29, 0.717) is 0 Å². The van der Waals surface area contributed by atoms with Crippen molar-refractivity contribution in [3.05, 3.63) is 92.7 Å². The van der Waals surface area contributed by atoms with E-state index >= 15 is 0 Å². The Balaban J connectivity index is 1.60. The van der Waals surface area contributed by atoms with Gasteiger partial charge in [-0.2, -0.15) is 0 Å². The molecule has 2 aliphatic rings. The second kappa shape index (κ2) is 6.62. The van der Waals surface area contributed by atoms with Gasteiger partial charge in [0.15, 0.2) is 7.05 Å². The minimum atomic E-state index is 0.986. The van der Waals surface area contributed by atoms with Crippen molar-refractivity contribution in [2.45, 2.75) is 47.5 Å². The van der Waals surface area contributed by atoms with E-state index in [2.05, 4.69) is 88.8 Å². The predicted octanol–water partition coefficient (Wildman–Crippen LogP) is 6.26. The molecule has 0 aliphatic heterocycles. The third-order valence-electron chi connectivity index (χ3n) is 7.62. The number of aryl methyl sites for hydroxylation is 5. The van der Waals surface area contributed by atoms with Crippen LogP contribution >= 0.6 is 0 Å². The molecule has 2 aliphatic carbocycles. The maximum absolute atomic E-state index is 4.98. The molecule has 0 atom stereocenters. The van der Waals surface area contributed by atoms with Crippen LogP contribution in [-0.2, 0) is 19.9 Å². The first-order chi connectivity index (χ1) is 15.3. The molecule has 0 bridgehead atoms. The average molecular weight is 418 g/mol. The van der Waals surface area contributed by atoms with Gasteiger partial charge in [0.2, 0.25) is 5.69 Å². The van der Waals surface area contributed by atoms with Crippen LogP contribution in [0.1, 0.15) is 50.2 Å². The lowest BCUT2D eigenvalue weighted by Crippen LogP contribution is -2.38. The van der Waals surface area contributed by atoms with Crippen molar-refractivity contribution in [2.75, 3.05) is 0 Å². The molecule has 4 aromatic rings. The van der Waals surface area contributed by atoms with E-state index in [1.807, 2.05) is 0 Å². The smallest absolute Gasteiger partial charge is 0.0859 e. The summed E-state index contributed by atoms with van der Waals surface area (Å²) >= 11 is 0. The molecule has 0 saturated heterocycles. The van der Waals surface area contributed by atoms with Crippen molar-refractivity contribution in [3.8, 4) is 33.5 Å². The molecular weight excluding hydrogens is 388 g/mol. The molecule has 2 heteroatoms. The molecule has 0 spiro atoms. The Morgan fingerprint density at radius 2 is 1.41 bits per heavy atom. The molecule has 2 nitrogen and oxygen atoms in total. The first kappa shape index (κ1) is 19.4. The van der Waals surface area contributed by atoms with Crippen molar-refractivity contribution in [2.24, 2.45) is 7.05 Å². The minimum Gasteiger partial charge on any atom is -0.0859 e. The number of rotatable bonds is 1. The predicted molar refractivity (Wildman–Crippen MR) is 131 cm³/mol. The van der Waals surface area contributed by atoms with Crippen molar-refractivity contribution in [1.29, 1.82) is 0 Å². The van der Waals surface area contributed by atoms with Gasteiger partial charge < -0.3 is 0 Å². The molecule has 1 aromatic heterocycles. The average Bonchev–Trinajstić information content (AvgIpc) is 3.29. The Morgan fingerprint density at radius 3 is 2.22 bits per heavy atom. The van der Waals surface area contributed by atoms with Gasteiger partial charge in [0, 0.05) is 17.5 Å². The summed E-state index contributed by atoms with van der Waals surface area (Å²) in [5, 5.41) is 4.98. The van der Waals surface area contributed by atoms with E-state index in [0.717, 1.165) is 18.5 Å². The second-order valence-electron chi connectivity index (χ2n) is 9.80.